The summed E-state index contributed by atoms with van der Waals surface area (Å²) in [6.45, 7) is 3.44. The number of carbonyl (C=O) groups excluding carboxylic acids is 1. The van der Waals surface area contributed by atoms with Crippen LogP contribution in [-0.2, 0) is 22.4 Å². The molecule has 4 aromatic rings. The summed E-state index contributed by atoms with van der Waals surface area (Å²) in [5.41, 5.74) is 2.30. The normalized spacial score (nSPS) is 17.4. The van der Waals surface area contributed by atoms with Crippen molar-refractivity contribution in [3.05, 3.63) is 130 Å². The minimum Gasteiger partial charge on any atom is -0.494 e. The smallest absolute Gasteiger partial charge is 0.252 e. The summed E-state index contributed by atoms with van der Waals surface area (Å²) in [5.74, 6) is 1.68. The fourth-order valence-electron chi connectivity index (χ4n) is 5.32. The minimum absolute atomic E-state index is 0.0732. The Kier molecular flexibility index (Phi) is 10.7. The number of para-hydroxylation sites is 1. The van der Waals surface area contributed by atoms with Gasteiger partial charge in [-0.15, -0.1) is 0 Å². The molecule has 44 heavy (non-hydrogen) atoms. The second-order valence-electron chi connectivity index (χ2n) is 10.5. The van der Waals surface area contributed by atoms with Crippen LogP contribution in [0.3, 0.4) is 0 Å². The predicted octanol–water partition coefficient (Wildman–Crippen LogP) is 6.47. The van der Waals surface area contributed by atoms with Crippen molar-refractivity contribution in [1.82, 2.24) is 5.32 Å². The zero-order chi connectivity index (χ0) is 30.8. The van der Waals surface area contributed by atoms with Gasteiger partial charge in [0.05, 0.1) is 13.2 Å². The summed E-state index contributed by atoms with van der Waals surface area (Å²) < 4.78 is 19.0. The molecule has 0 aromatic heterocycles. The number of aliphatic hydroxyl groups excluding tert-OH is 1. The fraction of sp³-hybridized carbons (Fsp3) is 0.278. The maximum Gasteiger partial charge on any atom is 0.252 e. The zero-order valence-electron chi connectivity index (χ0n) is 24.7. The van der Waals surface area contributed by atoms with Crippen molar-refractivity contribution in [3.8, 4) is 11.5 Å². The highest BCUT2D eigenvalue weighted by Gasteiger charge is 2.53. The third-order valence-electron chi connectivity index (χ3n) is 7.49. The van der Waals surface area contributed by atoms with Gasteiger partial charge in [-0.1, -0.05) is 82.7 Å². The summed E-state index contributed by atoms with van der Waals surface area (Å²) >= 11 is 3.70. The van der Waals surface area contributed by atoms with Crippen molar-refractivity contribution in [3.63, 3.8) is 0 Å². The van der Waals surface area contributed by atoms with Gasteiger partial charge in [0.25, 0.3) is 5.91 Å². The lowest BCUT2D eigenvalue weighted by atomic mass is 9.82. The first-order valence-electron chi connectivity index (χ1n) is 14.9. The molecule has 228 valence electrons. The molecule has 1 aliphatic rings. The van der Waals surface area contributed by atoms with Crippen LogP contribution < -0.4 is 14.8 Å². The third-order valence-corrected chi connectivity index (χ3v) is 8.21. The van der Waals surface area contributed by atoms with Crippen molar-refractivity contribution in [2.75, 3.05) is 26.4 Å². The number of nitrogens with one attached hydrogen (secondary N) is 1. The maximum atomic E-state index is 14.5. The van der Waals surface area contributed by atoms with Crippen molar-refractivity contribution in [1.29, 1.82) is 0 Å². The lowest BCUT2D eigenvalue weighted by Crippen LogP contribution is -2.50. The number of amides is 1. The van der Waals surface area contributed by atoms with Gasteiger partial charge in [-0.2, -0.15) is 0 Å². The molecule has 0 spiro atoms. The molecule has 1 aliphatic heterocycles. The van der Waals surface area contributed by atoms with Crippen LogP contribution in [-0.4, -0.2) is 48.8 Å². The van der Waals surface area contributed by atoms with Gasteiger partial charge in [0.15, 0.2) is 11.6 Å². The topological polar surface area (TPSA) is 89.4 Å². The molecule has 4 aromatic carbocycles. The van der Waals surface area contributed by atoms with Crippen molar-refractivity contribution < 1.29 is 24.1 Å². The summed E-state index contributed by atoms with van der Waals surface area (Å²) in [6.07, 6.45) is 0.814. The van der Waals surface area contributed by atoms with Crippen LogP contribution in [0, 0.1) is 0 Å². The van der Waals surface area contributed by atoms with Crippen molar-refractivity contribution in [2.24, 2.45) is 4.99 Å². The molecule has 1 amide bonds. The molecule has 5 rings (SSSR count). The van der Waals surface area contributed by atoms with Gasteiger partial charge in [-0.25, -0.2) is 4.99 Å². The molecule has 0 bridgehead atoms. The third kappa shape index (κ3) is 7.31. The second-order valence-corrected chi connectivity index (χ2v) is 11.4. The van der Waals surface area contributed by atoms with Gasteiger partial charge in [-0.3, -0.25) is 4.79 Å². The van der Waals surface area contributed by atoms with Crippen LogP contribution in [0.4, 0.5) is 0 Å². The average molecular weight is 658 g/mol. The van der Waals surface area contributed by atoms with Gasteiger partial charge >= 0.3 is 0 Å². The number of nitrogens with zero attached hydrogens (tertiary/aromatic N) is 1. The standard InChI is InChI=1S/C36H37BrN2O5/c1-2-42-32-16-9-6-13-27(32)21-22-38-35(41)36(25-26-11-4-3-5-12-26)33(30-14-7-8-15-31(30)37)44-34(39-36)28-17-19-29(20-18-28)43-24-10-23-40/h3-9,11-20,33,40H,2,10,21-25H2,1H3,(H,38,41)/t33-,36-/m1/s1. The van der Waals surface area contributed by atoms with Gasteiger partial charge in [0.2, 0.25) is 5.90 Å². The van der Waals surface area contributed by atoms with Crippen molar-refractivity contribution >= 4 is 27.7 Å². The maximum absolute atomic E-state index is 14.5. The van der Waals surface area contributed by atoms with E-state index in [0.717, 1.165) is 32.5 Å². The molecule has 1 heterocycles. The number of rotatable bonds is 14. The second kappa shape index (κ2) is 15.0. The van der Waals surface area contributed by atoms with E-state index in [9.17, 15) is 4.79 Å². The van der Waals surface area contributed by atoms with Gasteiger partial charge in [0.1, 0.15) is 11.5 Å². The highest BCUT2D eigenvalue weighted by Crippen LogP contribution is 2.44. The predicted molar refractivity (Wildman–Crippen MR) is 175 cm³/mol. The van der Waals surface area contributed by atoms with Crippen LogP contribution in [0.15, 0.2) is 113 Å². The fourth-order valence-corrected chi connectivity index (χ4v) is 5.82. The molecule has 8 heteroatoms. The van der Waals surface area contributed by atoms with E-state index in [0.29, 0.717) is 50.7 Å². The van der Waals surface area contributed by atoms with Crippen LogP contribution in [0.5, 0.6) is 11.5 Å². The largest absolute Gasteiger partial charge is 0.494 e. The molecular formula is C36H37BrN2O5. The summed E-state index contributed by atoms with van der Waals surface area (Å²) in [7, 11) is 0. The Morgan fingerprint density at radius 1 is 0.955 bits per heavy atom. The average Bonchev–Trinajstić information content (AvgIpc) is 3.43. The molecule has 0 fully saturated rings. The van der Waals surface area contributed by atoms with E-state index in [-0.39, 0.29) is 12.5 Å². The Bertz CT molecular complexity index is 1560. The van der Waals surface area contributed by atoms with Crippen molar-refractivity contribution in [2.45, 2.75) is 37.8 Å². The Hall–Kier alpha value is -4.14. The minimum atomic E-state index is -1.28. The Morgan fingerprint density at radius 2 is 1.68 bits per heavy atom. The van der Waals surface area contributed by atoms with Crippen LogP contribution in [0.25, 0.3) is 0 Å². The number of benzene rings is 4. The first-order valence-corrected chi connectivity index (χ1v) is 15.7. The van der Waals surface area contributed by atoms with Gasteiger partial charge in [0, 0.05) is 41.6 Å². The Labute approximate surface area is 267 Å². The summed E-state index contributed by atoms with van der Waals surface area (Å²) in [4.78, 5) is 19.6. The molecule has 0 radical (unpaired) electrons. The van der Waals surface area contributed by atoms with Crippen LogP contribution in [0.2, 0.25) is 0 Å². The molecule has 0 saturated heterocycles. The molecule has 2 N–H and O–H groups in total. The van der Waals surface area contributed by atoms with Crippen LogP contribution in [0.1, 0.15) is 41.7 Å². The molecule has 2 atom stereocenters. The number of aliphatic imine (C=N–C) groups is 1. The lowest BCUT2D eigenvalue weighted by Gasteiger charge is -2.31. The number of halogens is 1. The quantitative estimate of drug-likeness (QED) is 0.152. The number of hydrogen-bond acceptors (Lipinski definition) is 6. The molecule has 7 nitrogen and oxygen atoms in total. The Morgan fingerprint density at radius 3 is 2.43 bits per heavy atom. The zero-order valence-corrected chi connectivity index (χ0v) is 26.3. The Balaban J connectivity index is 1.50. The molecular weight excluding hydrogens is 620 g/mol. The molecule has 0 aliphatic carbocycles. The van der Waals surface area contributed by atoms with E-state index in [1.165, 1.54) is 0 Å². The van der Waals surface area contributed by atoms with E-state index >= 15 is 0 Å². The number of ether oxygens (including phenoxy) is 3. The van der Waals surface area contributed by atoms with E-state index < -0.39 is 11.6 Å². The first-order chi connectivity index (χ1) is 21.5. The number of carbonyl (C=O) groups is 1. The van der Waals surface area contributed by atoms with E-state index in [1.807, 2.05) is 110 Å². The van der Waals surface area contributed by atoms with E-state index in [2.05, 4.69) is 21.2 Å². The van der Waals surface area contributed by atoms with Gasteiger partial charge < -0.3 is 24.6 Å². The summed E-state index contributed by atoms with van der Waals surface area (Å²) in [5, 5.41) is 12.3. The lowest BCUT2D eigenvalue weighted by molar-refractivity contribution is -0.128. The highest BCUT2D eigenvalue weighted by atomic mass is 79.9. The van der Waals surface area contributed by atoms with E-state index in [1.54, 1.807) is 0 Å². The highest BCUT2D eigenvalue weighted by molar-refractivity contribution is 9.10. The monoisotopic (exact) mass is 656 g/mol. The molecule has 0 saturated carbocycles. The number of aliphatic hydroxyl groups is 1. The SMILES string of the molecule is CCOc1ccccc1CCNC(=O)[C@]1(Cc2ccccc2)N=C(c2ccc(OCCCO)cc2)O[C@@H]1c1ccccc1Br. The van der Waals surface area contributed by atoms with Gasteiger partial charge in [-0.05, 0) is 60.9 Å². The first kappa shape index (κ1) is 31.3. The van der Waals surface area contributed by atoms with Crippen LogP contribution >= 0.6 is 15.9 Å². The molecule has 0 unspecified atom stereocenters. The number of hydrogen-bond donors (Lipinski definition) is 2. The van der Waals surface area contributed by atoms with E-state index in [4.69, 9.17) is 24.3 Å². The summed E-state index contributed by atoms with van der Waals surface area (Å²) in [6, 6.07) is 33.1.